The lowest BCUT2D eigenvalue weighted by molar-refractivity contribution is -0.143. The van der Waals surface area contributed by atoms with E-state index in [0.29, 0.717) is 35.3 Å². The van der Waals surface area contributed by atoms with Gasteiger partial charge in [0.05, 0.1) is 33.1 Å². The molecule has 1 aliphatic rings. The number of carbonyl (C=O) groups is 1. The summed E-state index contributed by atoms with van der Waals surface area (Å²) >= 11 is 7.47. The molecule has 6 nitrogen and oxygen atoms in total. The summed E-state index contributed by atoms with van der Waals surface area (Å²) < 4.78 is 6.64. The van der Waals surface area contributed by atoms with E-state index in [1.54, 1.807) is 6.20 Å². The van der Waals surface area contributed by atoms with Crippen LogP contribution in [0.2, 0.25) is 4.34 Å². The smallest absolute Gasteiger partial charge is 0.306 e. The molecule has 0 saturated heterocycles. The Balaban J connectivity index is 1.77. The monoisotopic (exact) mass is 381 g/mol. The van der Waals surface area contributed by atoms with Crippen LogP contribution >= 0.6 is 22.9 Å². The van der Waals surface area contributed by atoms with Gasteiger partial charge in [0.1, 0.15) is 0 Å². The van der Waals surface area contributed by atoms with Crippen molar-refractivity contribution in [3.05, 3.63) is 27.9 Å². The van der Waals surface area contributed by atoms with Crippen molar-refractivity contribution in [2.24, 2.45) is 11.7 Å². The minimum absolute atomic E-state index is 0.112. The quantitative estimate of drug-likeness (QED) is 0.820. The third-order valence-corrected chi connectivity index (χ3v) is 5.71. The van der Waals surface area contributed by atoms with Gasteiger partial charge in [-0.05, 0) is 44.2 Å². The van der Waals surface area contributed by atoms with Gasteiger partial charge in [-0.25, -0.2) is 9.97 Å². The molecule has 134 valence electrons. The number of aromatic nitrogens is 2. The lowest BCUT2D eigenvalue weighted by atomic mass is 9.87. The summed E-state index contributed by atoms with van der Waals surface area (Å²) in [4.78, 5) is 21.0. The maximum absolute atomic E-state index is 11.2. The number of aryl methyl sites for hydroxylation is 1. The zero-order valence-corrected chi connectivity index (χ0v) is 15.4. The van der Waals surface area contributed by atoms with Crippen LogP contribution in [0.3, 0.4) is 0 Å². The van der Waals surface area contributed by atoms with Crippen LogP contribution in [0.1, 0.15) is 36.9 Å². The Hall–Kier alpha value is -1.70. The zero-order chi connectivity index (χ0) is 18.0. The summed E-state index contributed by atoms with van der Waals surface area (Å²) in [5.41, 5.74) is 7.38. The van der Waals surface area contributed by atoms with E-state index in [1.807, 2.05) is 13.0 Å². The molecule has 25 heavy (non-hydrogen) atoms. The Labute approximate surface area is 155 Å². The Morgan fingerprint density at radius 3 is 3.00 bits per heavy atom. The highest BCUT2D eigenvalue weighted by Crippen LogP contribution is 2.35. The molecule has 1 saturated carbocycles. The molecule has 0 radical (unpaired) electrons. The van der Waals surface area contributed by atoms with E-state index < -0.39 is 5.97 Å². The second kappa shape index (κ2) is 7.68. The molecule has 8 heteroatoms. The largest absolute Gasteiger partial charge is 0.487 e. The van der Waals surface area contributed by atoms with Crippen LogP contribution in [-0.2, 0) is 11.3 Å². The summed E-state index contributed by atoms with van der Waals surface area (Å²) in [6, 6.07) is 1.83. The summed E-state index contributed by atoms with van der Waals surface area (Å²) in [6.45, 7) is 2.23. The Bertz CT molecular complexity index is 780. The van der Waals surface area contributed by atoms with Crippen molar-refractivity contribution in [1.29, 1.82) is 0 Å². The first-order chi connectivity index (χ1) is 12.0. The van der Waals surface area contributed by atoms with Gasteiger partial charge in [-0.3, -0.25) is 4.79 Å². The van der Waals surface area contributed by atoms with Crippen molar-refractivity contribution in [3.8, 4) is 16.5 Å². The molecule has 2 atom stereocenters. The van der Waals surface area contributed by atoms with Crippen molar-refractivity contribution >= 4 is 28.9 Å². The molecule has 0 aromatic carbocycles. The lowest BCUT2D eigenvalue weighted by Gasteiger charge is -2.27. The Morgan fingerprint density at radius 1 is 1.52 bits per heavy atom. The minimum Gasteiger partial charge on any atom is -0.487 e. The average Bonchev–Trinajstić information content (AvgIpc) is 2.98. The summed E-state index contributed by atoms with van der Waals surface area (Å²) in [6.07, 6.45) is 4.48. The molecule has 0 unspecified atom stereocenters. The maximum atomic E-state index is 11.2. The molecular weight excluding hydrogens is 362 g/mol. The molecule has 0 spiro atoms. The van der Waals surface area contributed by atoms with Gasteiger partial charge in [-0.1, -0.05) is 11.6 Å². The summed E-state index contributed by atoms with van der Waals surface area (Å²) in [7, 11) is 0. The van der Waals surface area contributed by atoms with Crippen LogP contribution in [0.5, 0.6) is 5.75 Å². The van der Waals surface area contributed by atoms with Crippen molar-refractivity contribution < 1.29 is 14.6 Å². The third kappa shape index (κ3) is 4.11. The number of carboxylic acid groups (broad SMARTS) is 1. The summed E-state index contributed by atoms with van der Waals surface area (Å²) in [5, 5.41) is 9.19. The molecule has 2 heterocycles. The van der Waals surface area contributed by atoms with E-state index in [4.69, 9.17) is 22.1 Å². The number of aliphatic carboxylic acids is 1. The first-order valence-corrected chi connectivity index (χ1v) is 9.39. The predicted octanol–water partition coefficient (Wildman–Crippen LogP) is 3.65. The molecule has 1 fully saturated rings. The number of thiophene rings is 1. The number of carboxylic acids is 1. The fraction of sp³-hybridized carbons (Fsp3) is 0.471. The van der Waals surface area contributed by atoms with E-state index in [9.17, 15) is 9.90 Å². The molecule has 2 aromatic rings. The van der Waals surface area contributed by atoms with Crippen LogP contribution < -0.4 is 10.5 Å². The van der Waals surface area contributed by atoms with E-state index in [2.05, 4.69) is 9.97 Å². The maximum Gasteiger partial charge on any atom is 0.306 e. The fourth-order valence-corrected chi connectivity index (χ4v) is 4.30. The number of hydrogen-bond donors (Lipinski definition) is 2. The first kappa shape index (κ1) is 18.1. The van der Waals surface area contributed by atoms with Crippen molar-refractivity contribution in [2.75, 3.05) is 0 Å². The van der Waals surface area contributed by atoms with Gasteiger partial charge in [0.2, 0.25) is 0 Å². The highest BCUT2D eigenvalue weighted by molar-refractivity contribution is 7.19. The van der Waals surface area contributed by atoms with Crippen molar-refractivity contribution in [2.45, 2.75) is 45.3 Å². The van der Waals surface area contributed by atoms with E-state index in [0.717, 1.165) is 29.0 Å². The van der Waals surface area contributed by atoms with Crippen LogP contribution in [-0.4, -0.2) is 27.1 Å². The Morgan fingerprint density at radius 2 is 2.32 bits per heavy atom. The number of halogens is 1. The highest BCUT2D eigenvalue weighted by atomic mass is 35.5. The number of rotatable bonds is 5. The second-order valence-electron chi connectivity index (χ2n) is 6.19. The molecule has 0 amide bonds. The molecular formula is C17H20ClN3O3S. The molecule has 2 aromatic heterocycles. The average molecular weight is 382 g/mol. The van der Waals surface area contributed by atoms with Gasteiger partial charge in [0.15, 0.2) is 11.6 Å². The van der Waals surface area contributed by atoms with E-state index >= 15 is 0 Å². The van der Waals surface area contributed by atoms with Crippen LogP contribution in [0.25, 0.3) is 10.7 Å². The normalized spacial score (nSPS) is 20.4. The Kier molecular flexibility index (Phi) is 5.56. The second-order valence-corrected chi connectivity index (χ2v) is 7.88. The minimum atomic E-state index is -0.750. The molecule has 1 aliphatic carbocycles. The number of nitrogens with two attached hydrogens (primary N) is 1. The van der Waals surface area contributed by atoms with Gasteiger partial charge in [0, 0.05) is 6.54 Å². The molecule has 3 rings (SSSR count). The van der Waals surface area contributed by atoms with Gasteiger partial charge < -0.3 is 15.6 Å². The van der Waals surface area contributed by atoms with Gasteiger partial charge in [0.25, 0.3) is 0 Å². The first-order valence-electron chi connectivity index (χ1n) is 8.19. The number of hydrogen-bond acceptors (Lipinski definition) is 6. The van der Waals surface area contributed by atoms with Gasteiger partial charge >= 0.3 is 5.97 Å². The van der Waals surface area contributed by atoms with Gasteiger partial charge in [-0.2, -0.15) is 0 Å². The summed E-state index contributed by atoms with van der Waals surface area (Å²) in [5.74, 6) is 0.0890. The van der Waals surface area contributed by atoms with E-state index in [1.165, 1.54) is 11.3 Å². The van der Waals surface area contributed by atoms with Crippen molar-refractivity contribution in [1.82, 2.24) is 9.97 Å². The van der Waals surface area contributed by atoms with E-state index in [-0.39, 0.29) is 12.0 Å². The number of ether oxygens (including phenoxy) is 1. The molecule has 0 bridgehead atoms. The van der Waals surface area contributed by atoms with Crippen LogP contribution in [0.15, 0.2) is 12.3 Å². The molecule has 0 aliphatic heterocycles. The van der Waals surface area contributed by atoms with Gasteiger partial charge in [-0.15, -0.1) is 11.3 Å². The fourth-order valence-electron chi connectivity index (χ4n) is 3.07. The van der Waals surface area contributed by atoms with Crippen LogP contribution in [0, 0.1) is 12.8 Å². The SMILES string of the molecule is Cc1nc(-c2sc(Cl)cc2CN)ncc1O[C@H]1CCC[C@H](C(=O)O)C1. The van der Waals surface area contributed by atoms with Crippen molar-refractivity contribution in [3.63, 3.8) is 0 Å². The standard InChI is InChI=1S/C17H20ClN3O3S/c1-9-13(24-12-4-2-3-10(5-12)17(22)23)8-20-16(21-9)15-11(7-19)6-14(18)25-15/h6,8,10,12H,2-5,7,19H2,1H3,(H,22,23)/t10-,12-/m0/s1. The predicted molar refractivity (Wildman–Crippen MR) is 97.0 cm³/mol. The zero-order valence-electron chi connectivity index (χ0n) is 13.9. The topological polar surface area (TPSA) is 98.3 Å². The van der Waals surface area contributed by atoms with Crippen LogP contribution in [0.4, 0.5) is 0 Å². The highest BCUT2D eigenvalue weighted by Gasteiger charge is 2.28. The third-order valence-electron chi connectivity index (χ3n) is 4.41. The molecule has 3 N–H and O–H groups in total. The number of nitrogens with zero attached hydrogens (tertiary/aromatic N) is 2. The lowest BCUT2D eigenvalue weighted by Crippen LogP contribution is -2.29.